The average Bonchev–Trinajstić information content (AvgIpc) is 3.04. The topological polar surface area (TPSA) is 73.2 Å². The van der Waals surface area contributed by atoms with E-state index in [1.165, 1.54) is 0 Å². The number of sulfonamides is 1. The molecule has 24 heavy (non-hydrogen) atoms. The summed E-state index contributed by atoms with van der Waals surface area (Å²) in [6.45, 7) is 3.54. The summed E-state index contributed by atoms with van der Waals surface area (Å²) in [6.07, 6.45) is 7.08. The lowest BCUT2D eigenvalue weighted by atomic mass is 10.1. The van der Waals surface area contributed by atoms with Gasteiger partial charge in [-0.15, -0.1) is 0 Å². The monoisotopic (exact) mass is 349 g/mol. The molecule has 1 N–H and O–H groups in total. The van der Waals surface area contributed by atoms with E-state index < -0.39 is 10.0 Å². The van der Waals surface area contributed by atoms with Crippen molar-refractivity contribution in [2.75, 3.05) is 17.9 Å². The number of nitrogens with one attached hydrogen (secondary N) is 1. The summed E-state index contributed by atoms with van der Waals surface area (Å²) < 4.78 is 34.7. The Morgan fingerprint density at radius 1 is 1.25 bits per heavy atom. The van der Waals surface area contributed by atoms with E-state index in [9.17, 15) is 8.42 Å². The zero-order valence-corrected chi connectivity index (χ0v) is 14.6. The molecule has 0 atom stereocenters. The highest BCUT2D eigenvalue weighted by Crippen LogP contribution is 2.23. The summed E-state index contributed by atoms with van der Waals surface area (Å²) in [5, 5.41) is 4.29. The third kappa shape index (κ3) is 3.96. The van der Waals surface area contributed by atoms with Crippen LogP contribution in [-0.4, -0.2) is 31.4 Å². The van der Waals surface area contributed by atoms with Crippen LogP contribution in [0, 0.1) is 0 Å². The molecule has 6 nitrogen and oxygen atoms in total. The zero-order chi connectivity index (χ0) is 17.0. The molecule has 0 unspecified atom stereocenters. The van der Waals surface area contributed by atoms with Crippen LogP contribution >= 0.6 is 0 Å². The summed E-state index contributed by atoms with van der Waals surface area (Å²) in [7, 11) is -3.59. The minimum absolute atomic E-state index is 0.265. The van der Waals surface area contributed by atoms with Crippen LogP contribution in [0.3, 0.4) is 0 Å². The number of hydrogen-bond acceptors (Lipinski definition) is 4. The highest BCUT2D eigenvalue weighted by Gasteiger charge is 2.19. The van der Waals surface area contributed by atoms with Gasteiger partial charge in [-0.1, -0.05) is 25.5 Å². The second-order valence-corrected chi connectivity index (χ2v) is 7.73. The van der Waals surface area contributed by atoms with Crippen molar-refractivity contribution < 1.29 is 13.2 Å². The van der Waals surface area contributed by atoms with Gasteiger partial charge in [-0.25, -0.2) is 8.42 Å². The fraction of sp³-hybridized carbons (Fsp3) is 0.471. The zero-order valence-electron chi connectivity index (χ0n) is 13.8. The van der Waals surface area contributed by atoms with Gasteiger partial charge < -0.3 is 4.74 Å². The lowest BCUT2D eigenvalue weighted by Crippen LogP contribution is -2.19. The third-order valence-electron chi connectivity index (χ3n) is 4.19. The Labute approximate surface area is 142 Å². The van der Waals surface area contributed by atoms with Gasteiger partial charge in [0.05, 0.1) is 22.8 Å². The summed E-state index contributed by atoms with van der Waals surface area (Å²) in [6, 6.07) is 7.30. The quantitative estimate of drug-likeness (QED) is 0.870. The van der Waals surface area contributed by atoms with Gasteiger partial charge in [0.25, 0.3) is 10.0 Å². The van der Waals surface area contributed by atoms with Gasteiger partial charge in [0.2, 0.25) is 0 Å². The van der Waals surface area contributed by atoms with E-state index in [0.717, 1.165) is 44.5 Å². The number of rotatable bonds is 6. The van der Waals surface area contributed by atoms with Gasteiger partial charge in [-0.2, -0.15) is 5.10 Å². The second kappa shape index (κ2) is 7.36. The molecule has 0 aliphatic carbocycles. The van der Waals surface area contributed by atoms with Crippen molar-refractivity contribution in [1.29, 1.82) is 0 Å². The molecule has 1 fully saturated rings. The highest BCUT2D eigenvalue weighted by molar-refractivity contribution is 7.92. The Bertz CT molecular complexity index is 763. The van der Waals surface area contributed by atoms with Crippen LogP contribution in [-0.2, 0) is 21.2 Å². The number of aryl methyl sites for hydroxylation is 1. The standard InChI is InChI=1S/C17H23N3O3S/c1-2-3-14-4-6-17(7-5-14)24(21,22)19-15-12-18-20(13-15)16-8-10-23-11-9-16/h4-7,12-13,16,19H,2-3,8-11H2,1H3. The molecular formula is C17H23N3O3S. The predicted octanol–water partition coefficient (Wildman–Crippen LogP) is 2.99. The summed E-state index contributed by atoms with van der Waals surface area (Å²) in [5.41, 5.74) is 1.63. The van der Waals surface area contributed by atoms with Crippen molar-refractivity contribution in [3.05, 3.63) is 42.2 Å². The number of hydrogen-bond donors (Lipinski definition) is 1. The van der Waals surface area contributed by atoms with Crippen molar-refractivity contribution in [1.82, 2.24) is 9.78 Å². The van der Waals surface area contributed by atoms with Crippen LogP contribution < -0.4 is 4.72 Å². The maximum Gasteiger partial charge on any atom is 0.261 e. The summed E-state index contributed by atoms with van der Waals surface area (Å²) in [4.78, 5) is 0.265. The SMILES string of the molecule is CCCc1ccc(S(=O)(=O)Nc2cnn(C3CCOCC3)c2)cc1. The first-order valence-electron chi connectivity index (χ1n) is 8.32. The van der Waals surface area contributed by atoms with Crippen LogP contribution in [0.2, 0.25) is 0 Å². The van der Waals surface area contributed by atoms with Gasteiger partial charge in [0.1, 0.15) is 0 Å². The van der Waals surface area contributed by atoms with E-state index in [0.29, 0.717) is 5.69 Å². The normalized spacial score (nSPS) is 16.2. The Morgan fingerprint density at radius 2 is 1.96 bits per heavy atom. The van der Waals surface area contributed by atoms with E-state index in [-0.39, 0.29) is 10.9 Å². The molecule has 0 bridgehead atoms. The largest absolute Gasteiger partial charge is 0.381 e. The summed E-state index contributed by atoms with van der Waals surface area (Å²) in [5.74, 6) is 0. The average molecular weight is 349 g/mol. The summed E-state index contributed by atoms with van der Waals surface area (Å²) >= 11 is 0. The van der Waals surface area contributed by atoms with Crippen molar-refractivity contribution >= 4 is 15.7 Å². The van der Waals surface area contributed by atoms with E-state index in [4.69, 9.17) is 4.74 Å². The van der Waals surface area contributed by atoms with Gasteiger partial charge in [-0.3, -0.25) is 9.40 Å². The lowest BCUT2D eigenvalue weighted by Gasteiger charge is -2.22. The van der Waals surface area contributed by atoms with Crippen LogP contribution in [0.4, 0.5) is 5.69 Å². The van der Waals surface area contributed by atoms with Gasteiger partial charge in [0, 0.05) is 19.4 Å². The molecule has 0 radical (unpaired) electrons. The molecule has 1 aromatic carbocycles. The van der Waals surface area contributed by atoms with Crippen LogP contribution in [0.15, 0.2) is 41.6 Å². The molecule has 0 saturated carbocycles. The van der Waals surface area contributed by atoms with E-state index >= 15 is 0 Å². The van der Waals surface area contributed by atoms with Gasteiger partial charge in [0.15, 0.2) is 0 Å². The molecule has 1 aromatic heterocycles. The molecule has 1 saturated heterocycles. The fourth-order valence-corrected chi connectivity index (χ4v) is 3.91. The minimum Gasteiger partial charge on any atom is -0.381 e. The Kier molecular flexibility index (Phi) is 5.20. The van der Waals surface area contributed by atoms with E-state index in [2.05, 4.69) is 16.7 Å². The fourth-order valence-electron chi connectivity index (χ4n) is 2.88. The first-order valence-corrected chi connectivity index (χ1v) is 9.80. The van der Waals surface area contributed by atoms with E-state index in [1.807, 2.05) is 16.8 Å². The lowest BCUT2D eigenvalue weighted by molar-refractivity contribution is 0.0662. The first kappa shape index (κ1) is 17.0. The molecule has 1 aliphatic rings. The molecule has 3 rings (SSSR count). The molecule has 0 amide bonds. The first-order chi connectivity index (χ1) is 11.6. The number of ether oxygens (including phenoxy) is 1. The predicted molar refractivity (Wildman–Crippen MR) is 92.6 cm³/mol. The number of nitrogens with zero attached hydrogens (tertiary/aromatic N) is 2. The Hall–Kier alpha value is -1.86. The van der Waals surface area contributed by atoms with Crippen LogP contribution in [0.1, 0.15) is 37.8 Å². The molecule has 0 spiro atoms. The van der Waals surface area contributed by atoms with Crippen LogP contribution in [0.25, 0.3) is 0 Å². The maximum absolute atomic E-state index is 12.5. The van der Waals surface area contributed by atoms with Crippen molar-refractivity contribution in [3.8, 4) is 0 Å². The number of aromatic nitrogens is 2. The molecule has 2 aromatic rings. The molecule has 2 heterocycles. The molecule has 1 aliphatic heterocycles. The number of benzene rings is 1. The van der Waals surface area contributed by atoms with Gasteiger partial charge >= 0.3 is 0 Å². The minimum atomic E-state index is -3.59. The third-order valence-corrected chi connectivity index (χ3v) is 5.59. The second-order valence-electron chi connectivity index (χ2n) is 6.05. The van der Waals surface area contributed by atoms with Crippen LogP contribution in [0.5, 0.6) is 0 Å². The van der Waals surface area contributed by atoms with Gasteiger partial charge in [-0.05, 0) is 37.0 Å². The Balaban J connectivity index is 1.71. The molecule has 7 heteroatoms. The molecule has 130 valence electrons. The Morgan fingerprint density at radius 3 is 2.62 bits per heavy atom. The number of anilines is 1. The highest BCUT2D eigenvalue weighted by atomic mass is 32.2. The molecular weight excluding hydrogens is 326 g/mol. The van der Waals surface area contributed by atoms with Crippen molar-refractivity contribution in [3.63, 3.8) is 0 Å². The maximum atomic E-state index is 12.5. The van der Waals surface area contributed by atoms with E-state index in [1.54, 1.807) is 24.5 Å². The smallest absolute Gasteiger partial charge is 0.261 e. The van der Waals surface area contributed by atoms with Crippen molar-refractivity contribution in [2.45, 2.75) is 43.5 Å². The van der Waals surface area contributed by atoms with Crippen molar-refractivity contribution in [2.24, 2.45) is 0 Å².